The number of hydrogen-bond acceptors (Lipinski definition) is 11. The molecule has 0 spiro atoms. The Balaban J connectivity index is 1.74. The number of aliphatic imine (C=N–C) groups is 1. The number of aryl methyl sites for hydroxylation is 1. The zero-order chi connectivity index (χ0) is 22.5. The Morgan fingerprint density at radius 3 is 2.69 bits per heavy atom. The van der Waals surface area contributed by atoms with E-state index in [-0.39, 0.29) is 0 Å². The Morgan fingerprint density at radius 1 is 1.19 bits per heavy atom. The van der Waals surface area contributed by atoms with Crippen molar-refractivity contribution in [3.63, 3.8) is 0 Å². The summed E-state index contributed by atoms with van der Waals surface area (Å²) in [7, 11) is 0. The third kappa shape index (κ3) is 4.16. The monoisotopic (exact) mass is 449 g/mol. The summed E-state index contributed by atoms with van der Waals surface area (Å²) in [6.45, 7) is 7.81. The van der Waals surface area contributed by atoms with E-state index in [9.17, 15) is 0 Å². The lowest BCUT2D eigenvalue weighted by atomic mass is 10.3. The number of hydrogen-bond donors (Lipinski definition) is 0. The number of pyridine rings is 1. The Labute approximate surface area is 188 Å². The molecule has 12 heteroatoms. The van der Waals surface area contributed by atoms with Gasteiger partial charge < -0.3 is 4.90 Å². The van der Waals surface area contributed by atoms with Gasteiger partial charge in [-0.1, -0.05) is 10.8 Å². The Bertz CT molecular complexity index is 1210. The summed E-state index contributed by atoms with van der Waals surface area (Å²) in [4.78, 5) is 24.5. The van der Waals surface area contributed by atoms with Crippen molar-refractivity contribution in [1.29, 1.82) is 0 Å². The second-order valence-corrected chi connectivity index (χ2v) is 7.10. The van der Waals surface area contributed by atoms with Gasteiger partial charge in [0.1, 0.15) is 29.3 Å². The van der Waals surface area contributed by atoms with Crippen LogP contribution >= 0.6 is 12.0 Å². The van der Waals surface area contributed by atoms with Crippen molar-refractivity contribution in [2.24, 2.45) is 10.1 Å². The fraction of sp³-hybridized carbons (Fsp3) is 0.250. The van der Waals surface area contributed by atoms with Gasteiger partial charge in [0.2, 0.25) is 11.6 Å². The van der Waals surface area contributed by atoms with Crippen molar-refractivity contribution in [3.05, 3.63) is 42.2 Å². The molecular formula is C20H19N9O2S. The molecule has 11 nitrogen and oxygen atoms in total. The van der Waals surface area contributed by atoms with Gasteiger partial charge in [-0.15, -0.1) is 10.2 Å². The van der Waals surface area contributed by atoms with Crippen LogP contribution in [-0.2, 0) is 9.22 Å². The van der Waals surface area contributed by atoms with Gasteiger partial charge in [-0.3, -0.25) is 9.87 Å². The number of fused-ring (bicyclic) bond motifs is 1. The maximum absolute atomic E-state index is 5.08. The van der Waals surface area contributed by atoms with E-state index >= 15 is 0 Å². The van der Waals surface area contributed by atoms with Crippen LogP contribution in [0.5, 0.6) is 0 Å². The van der Waals surface area contributed by atoms with Crippen molar-refractivity contribution >= 4 is 34.3 Å². The molecule has 0 fully saturated rings. The van der Waals surface area contributed by atoms with Gasteiger partial charge in [0.25, 0.3) is 0 Å². The second-order valence-electron chi connectivity index (χ2n) is 6.41. The predicted molar refractivity (Wildman–Crippen MR) is 121 cm³/mol. The van der Waals surface area contributed by atoms with E-state index in [4.69, 9.17) is 20.7 Å². The van der Waals surface area contributed by atoms with E-state index in [0.717, 1.165) is 36.6 Å². The summed E-state index contributed by atoms with van der Waals surface area (Å²) < 4.78 is 6.47. The predicted octanol–water partition coefficient (Wildman–Crippen LogP) is 2.77. The number of anilines is 1. The highest BCUT2D eigenvalue weighted by atomic mass is 32.2. The van der Waals surface area contributed by atoms with Crippen molar-refractivity contribution in [2.45, 2.75) is 20.8 Å². The van der Waals surface area contributed by atoms with Crippen LogP contribution in [0.15, 0.2) is 40.8 Å². The Hall–Kier alpha value is -3.82. The van der Waals surface area contributed by atoms with Gasteiger partial charge >= 0.3 is 0 Å². The van der Waals surface area contributed by atoms with Gasteiger partial charge in [-0.05, 0) is 32.9 Å². The van der Waals surface area contributed by atoms with Crippen LogP contribution in [0, 0.1) is 19.5 Å². The maximum atomic E-state index is 5.08. The van der Waals surface area contributed by atoms with E-state index in [2.05, 4.69) is 48.9 Å². The lowest BCUT2D eigenvalue weighted by Gasteiger charge is -2.20. The van der Waals surface area contributed by atoms with Crippen LogP contribution < -0.4 is 4.90 Å². The highest BCUT2D eigenvalue weighted by Crippen LogP contribution is 2.28. The molecule has 0 unspecified atom stereocenters. The van der Waals surface area contributed by atoms with Crippen molar-refractivity contribution in [1.82, 2.24) is 29.8 Å². The molecule has 1 aliphatic rings. The molecule has 3 aromatic heterocycles. The smallest absolute Gasteiger partial charge is 0.206 e. The van der Waals surface area contributed by atoms with Gasteiger partial charge in [-0.25, -0.2) is 15.0 Å². The van der Waals surface area contributed by atoms with Crippen LogP contribution in [0.25, 0.3) is 11.5 Å². The van der Waals surface area contributed by atoms with E-state index < -0.39 is 0 Å². The molecule has 0 aliphatic carbocycles. The van der Waals surface area contributed by atoms with Crippen molar-refractivity contribution < 1.29 is 9.22 Å². The van der Waals surface area contributed by atoms with Crippen LogP contribution in [-0.4, -0.2) is 53.7 Å². The van der Waals surface area contributed by atoms with Gasteiger partial charge in [0.05, 0.1) is 17.6 Å². The average molecular weight is 450 g/mol. The highest BCUT2D eigenvalue weighted by molar-refractivity contribution is 8.11. The molecule has 0 radical (unpaired) electrons. The second kappa shape index (κ2) is 9.54. The van der Waals surface area contributed by atoms with Crippen LogP contribution in [0.4, 0.5) is 11.5 Å². The molecule has 4 rings (SSSR count). The first-order chi connectivity index (χ1) is 15.7. The van der Waals surface area contributed by atoms with Crippen LogP contribution in [0.3, 0.4) is 0 Å². The summed E-state index contributed by atoms with van der Waals surface area (Å²) in [6, 6.07) is 3.85. The average Bonchev–Trinajstić information content (AvgIpc) is 3.37. The van der Waals surface area contributed by atoms with Crippen LogP contribution in [0.1, 0.15) is 25.4 Å². The standard InChI is InChI=1S/C20H19N9O2S/c1-5-28(6-2)16-9-8-14(13(4)23-16)24-17-19-26-25-18(15-12-21-10-11-22-15)29(19)27-20(17)32-31-30-7-3/h3,8-12H,5-6H2,1-2,4H3/b24-17+. The number of terminal acetylenes is 1. The highest BCUT2D eigenvalue weighted by Gasteiger charge is 2.31. The molecule has 0 saturated carbocycles. The summed E-state index contributed by atoms with van der Waals surface area (Å²) in [5.41, 5.74) is 2.39. The third-order valence-electron chi connectivity index (χ3n) is 4.60. The SMILES string of the molecule is C#COOSC1=Nn2c(nnc2-c2cnccn2)/C1=N\c1ccc(N(CC)CC)nc1C. The minimum atomic E-state index is 0.391. The molecule has 4 heterocycles. The van der Waals surface area contributed by atoms with Gasteiger partial charge in [0, 0.05) is 25.5 Å². The van der Waals surface area contributed by atoms with E-state index in [1.54, 1.807) is 18.6 Å². The number of aromatic nitrogens is 6. The van der Waals surface area contributed by atoms with Crippen LogP contribution in [0.2, 0.25) is 0 Å². The molecule has 0 aromatic carbocycles. The minimum Gasteiger partial charge on any atom is -0.357 e. The zero-order valence-corrected chi connectivity index (χ0v) is 18.4. The van der Waals surface area contributed by atoms with Gasteiger partial charge in [0.15, 0.2) is 11.2 Å². The molecule has 0 bridgehead atoms. The Kier molecular flexibility index (Phi) is 6.39. The van der Waals surface area contributed by atoms with Crippen molar-refractivity contribution in [3.8, 4) is 24.0 Å². The lowest BCUT2D eigenvalue weighted by molar-refractivity contribution is -0.111. The first-order valence-corrected chi connectivity index (χ1v) is 10.5. The molecule has 32 heavy (non-hydrogen) atoms. The summed E-state index contributed by atoms with van der Waals surface area (Å²) in [6.07, 6.45) is 11.7. The molecule has 3 aromatic rings. The van der Waals surface area contributed by atoms with E-state index in [1.165, 1.54) is 4.68 Å². The lowest BCUT2D eigenvalue weighted by Crippen LogP contribution is -2.23. The Morgan fingerprint density at radius 2 is 2.00 bits per heavy atom. The fourth-order valence-corrected chi connectivity index (χ4v) is 3.52. The molecule has 162 valence electrons. The largest absolute Gasteiger partial charge is 0.357 e. The maximum Gasteiger partial charge on any atom is 0.206 e. The molecule has 1 aliphatic heterocycles. The molecule has 0 amide bonds. The quantitative estimate of drug-likeness (QED) is 0.176. The summed E-state index contributed by atoms with van der Waals surface area (Å²) >= 11 is 0.823. The number of nitrogens with zero attached hydrogens (tertiary/aromatic N) is 9. The van der Waals surface area contributed by atoms with E-state index in [1.807, 2.05) is 25.2 Å². The topological polar surface area (TPSA) is 116 Å². The first-order valence-electron chi connectivity index (χ1n) is 9.74. The summed E-state index contributed by atoms with van der Waals surface area (Å²) in [5.74, 6) is 1.73. The first kappa shape index (κ1) is 21.4. The normalized spacial score (nSPS) is 13.6. The molecule has 0 atom stereocenters. The van der Waals surface area contributed by atoms with Gasteiger partial charge in [-0.2, -0.15) is 9.78 Å². The molecular weight excluding hydrogens is 430 g/mol. The van der Waals surface area contributed by atoms with E-state index in [0.29, 0.717) is 33.8 Å². The van der Waals surface area contributed by atoms with Crippen molar-refractivity contribution in [2.75, 3.05) is 18.0 Å². The molecule has 0 N–H and O–H groups in total. The zero-order valence-electron chi connectivity index (χ0n) is 17.6. The number of rotatable bonds is 7. The third-order valence-corrected chi connectivity index (χ3v) is 5.17. The fourth-order valence-electron chi connectivity index (χ4n) is 3.06. The summed E-state index contributed by atoms with van der Waals surface area (Å²) in [5, 5.41) is 13.4. The minimum absolute atomic E-state index is 0.391. The molecule has 0 saturated heterocycles.